The molecule has 1 aromatic rings. The molecule has 1 aromatic heterocycles. The third kappa shape index (κ3) is 4.23. The maximum atomic E-state index is 12.2. The summed E-state index contributed by atoms with van der Waals surface area (Å²) in [6, 6.07) is 0.534. The molecule has 0 saturated heterocycles. The Bertz CT molecular complexity index is 469. The van der Waals surface area contributed by atoms with Gasteiger partial charge in [0.15, 0.2) is 0 Å². The second-order valence-corrected chi connectivity index (χ2v) is 7.39. The molecule has 2 N–H and O–H groups in total. The summed E-state index contributed by atoms with van der Waals surface area (Å²) in [6.07, 6.45) is 3.67. The summed E-state index contributed by atoms with van der Waals surface area (Å²) in [5, 5.41) is 10.7. The zero-order valence-electron chi connectivity index (χ0n) is 13.4. The van der Waals surface area contributed by atoms with E-state index in [4.69, 9.17) is 0 Å². The van der Waals surface area contributed by atoms with Crippen molar-refractivity contribution in [2.24, 2.45) is 0 Å². The van der Waals surface area contributed by atoms with Crippen LogP contribution in [0, 0.1) is 13.8 Å². The molecular weight excluding hydrogens is 284 g/mol. The van der Waals surface area contributed by atoms with Crippen LogP contribution >= 0.6 is 11.8 Å². The molecule has 0 unspecified atom stereocenters. The van der Waals surface area contributed by atoms with E-state index < -0.39 is 0 Å². The Balaban J connectivity index is 1.83. The van der Waals surface area contributed by atoms with Crippen molar-refractivity contribution in [1.29, 1.82) is 0 Å². The van der Waals surface area contributed by atoms with Crippen molar-refractivity contribution in [3.05, 3.63) is 11.4 Å². The topological polar surface area (TPSA) is 61.0 Å². The summed E-state index contributed by atoms with van der Waals surface area (Å²) in [4.78, 5) is 14.4. The Morgan fingerprint density at radius 1 is 1.48 bits per heavy atom. The molecule has 1 aliphatic carbocycles. The van der Waals surface area contributed by atoms with Crippen LogP contribution in [0.1, 0.15) is 37.6 Å². The molecule has 0 bridgehead atoms. The van der Waals surface area contributed by atoms with Crippen LogP contribution in [0.15, 0.2) is 0 Å². The van der Waals surface area contributed by atoms with E-state index in [1.807, 2.05) is 25.6 Å². The summed E-state index contributed by atoms with van der Waals surface area (Å²) in [5.41, 5.74) is 2.56. The highest BCUT2D eigenvalue weighted by Gasteiger charge is 2.28. The van der Waals surface area contributed by atoms with Crippen molar-refractivity contribution in [3.8, 4) is 0 Å². The minimum absolute atomic E-state index is 0.0386. The first-order valence-corrected chi connectivity index (χ1v) is 8.69. The van der Waals surface area contributed by atoms with Gasteiger partial charge in [-0.15, -0.1) is 0 Å². The number of anilines is 1. The number of H-pyrrole nitrogens is 1. The Hall–Kier alpha value is -1.01. The number of carbonyl (C=O) groups excluding carboxylic acids is 1. The average molecular weight is 310 g/mol. The smallest absolute Gasteiger partial charge is 0.238 e. The lowest BCUT2D eigenvalue weighted by Gasteiger charge is -2.23. The molecule has 1 aliphatic rings. The molecule has 21 heavy (non-hydrogen) atoms. The summed E-state index contributed by atoms with van der Waals surface area (Å²) in [7, 11) is 2.05. The molecular formula is C15H26N4OS. The van der Waals surface area contributed by atoms with Gasteiger partial charge >= 0.3 is 0 Å². The van der Waals surface area contributed by atoms with Gasteiger partial charge in [-0.1, -0.05) is 6.92 Å². The molecule has 0 aliphatic heterocycles. The molecule has 2 atom stereocenters. The maximum absolute atomic E-state index is 12.2. The van der Waals surface area contributed by atoms with E-state index in [1.165, 1.54) is 25.0 Å². The second-order valence-electron chi connectivity index (χ2n) is 5.82. The van der Waals surface area contributed by atoms with Crippen molar-refractivity contribution in [3.63, 3.8) is 0 Å². The number of hydrogen-bond acceptors (Lipinski definition) is 4. The van der Waals surface area contributed by atoms with Crippen molar-refractivity contribution in [2.75, 3.05) is 24.7 Å². The second kappa shape index (κ2) is 7.31. The third-order valence-corrected chi connectivity index (χ3v) is 5.40. The maximum Gasteiger partial charge on any atom is 0.238 e. The van der Waals surface area contributed by atoms with E-state index in [1.54, 1.807) is 0 Å². The highest BCUT2D eigenvalue weighted by molar-refractivity contribution is 7.99. The highest BCUT2D eigenvalue weighted by atomic mass is 32.2. The van der Waals surface area contributed by atoms with Crippen LogP contribution in [0.5, 0.6) is 0 Å². The van der Waals surface area contributed by atoms with Gasteiger partial charge in [0, 0.05) is 11.3 Å². The van der Waals surface area contributed by atoms with E-state index in [9.17, 15) is 4.79 Å². The fourth-order valence-electron chi connectivity index (χ4n) is 2.97. The number of thioether (sulfide) groups is 1. The summed E-state index contributed by atoms with van der Waals surface area (Å²) in [6.45, 7) is 6.47. The first-order valence-electron chi connectivity index (χ1n) is 7.64. The zero-order chi connectivity index (χ0) is 15.4. The zero-order valence-corrected chi connectivity index (χ0v) is 14.2. The molecule has 118 valence electrons. The normalized spacial score (nSPS) is 22.0. The number of aryl methyl sites for hydroxylation is 2. The highest BCUT2D eigenvalue weighted by Crippen LogP contribution is 2.32. The molecule has 0 spiro atoms. The first-order chi connectivity index (χ1) is 10.0. The molecule has 2 rings (SSSR count). The van der Waals surface area contributed by atoms with Crippen LogP contribution in [0.25, 0.3) is 0 Å². The van der Waals surface area contributed by atoms with Gasteiger partial charge in [0.25, 0.3) is 0 Å². The largest absolute Gasteiger partial charge is 0.322 e. The Morgan fingerprint density at radius 3 is 2.86 bits per heavy atom. The predicted molar refractivity (Wildman–Crippen MR) is 88.9 cm³/mol. The number of nitrogens with one attached hydrogen (secondary N) is 2. The van der Waals surface area contributed by atoms with Crippen LogP contribution in [-0.2, 0) is 4.79 Å². The number of aromatic amines is 1. The summed E-state index contributed by atoms with van der Waals surface area (Å²) < 4.78 is 0. The van der Waals surface area contributed by atoms with Crippen molar-refractivity contribution in [2.45, 2.75) is 51.3 Å². The average Bonchev–Trinajstić information content (AvgIpc) is 3.01. The lowest BCUT2D eigenvalue weighted by Crippen LogP contribution is -2.37. The standard InChI is InChI=1S/C15H26N4OS/c1-5-21-13-7-6-12(8-13)19(4)9-14(20)16-15-10(2)17-18-11(15)3/h12-13H,5-9H2,1-4H3,(H,16,20)(H,17,18)/t12-,13-/m1/s1. The van der Waals surface area contributed by atoms with Gasteiger partial charge < -0.3 is 5.32 Å². The number of aromatic nitrogens is 2. The van der Waals surface area contributed by atoms with Gasteiger partial charge in [-0.05, 0) is 45.9 Å². The summed E-state index contributed by atoms with van der Waals surface area (Å²) >= 11 is 2.05. The van der Waals surface area contributed by atoms with Crippen LogP contribution in [0.4, 0.5) is 5.69 Å². The van der Waals surface area contributed by atoms with Gasteiger partial charge in [-0.25, -0.2) is 0 Å². The van der Waals surface area contributed by atoms with Gasteiger partial charge in [-0.2, -0.15) is 16.9 Å². The molecule has 1 amide bonds. The summed E-state index contributed by atoms with van der Waals surface area (Å²) in [5.74, 6) is 1.22. The quantitative estimate of drug-likeness (QED) is 0.848. The van der Waals surface area contributed by atoms with Gasteiger partial charge in [-0.3, -0.25) is 14.8 Å². The lowest BCUT2D eigenvalue weighted by atomic mass is 10.2. The molecule has 1 heterocycles. The van der Waals surface area contributed by atoms with Crippen molar-refractivity contribution < 1.29 is 4.79 Å². The number of likely N-dealkylation sites (N-methyl/N-ethyl adjacent to an activating group) is 1. The van der Waals surface area contributed by atoms with Crippen molar-refractivity contribution in [1.82, 2.24) is 15.1 Å². The number of nitrogens with zero attached hydrogens (tertiary/aromatic N) is 2. The van der Waals surface area contributed by atoms with Gasteiger partial charge in [0.05, 0.1) is 23.6 Å². The van der Waals surface area contributed by atoms with Crippen LogP contribution in [-0.4, -0.2) is 51.6 Å². The molecule has 0 radical (unpaired) electrons. The Labute approximate surface area is 131 Å². The minimum atomic E-state index is 0.0386. The third-order valence-electron chi connectivity index (χ3n) is 4.17. The van der Waals surface area contributed by atoms with Gasteiger partial charge in [0.2, 0.25) is 5.91 Å². The van der Waals surface area contributed by atoms with E-state index in [-0.39, 0.29) is 5.91 Å². The molecule has 1 saturated carbocycles. The van der Waals surface area contributed by atoms with Crippen LogP contribution < -0.4 is 5.32 Å². The van der Waals surface area contributed by atoms with Crippen LogP contribution in [0.2, 0.25) is 0 Å². The van der Waals surface area contributed by atoms with Crippen molar-refractivity contribution >= 4 is 23.4 Å². The fourth-order valence-corrected chi connectivity index (χ4v) is 4.11. The lowest BCUT2D eigenvalue weighted by molar-refractivity contribution is -0.117. The van der Waals surface area contributed by atoms with E-state index in [0.717, 1.165) is 22.3 Å². The molecule has 1 fully saturated rings. The SMILES string of the molecule is CCS[C@@H]1CC[C@@H](N(C)CC(=O)Nc2c(C)n[nH]c2C)C1. The van der Waals surface area contributed by atoms with E-state index >= 15 is 0 Å². The predicted octanol–water partition coefficient (Wildman–Crippen LogP) is 2.57. The molecule has 6 heteroatoms. The molecule has 0 aromatic carbocycles. The number of rotatable bonds is 6. The number of hydrogen-bond donors (Lipinski definition) is 2. The Morgan fingerprint density at radius 2 is 2.24 bits per heavy atom. The fraction of sp³-hybridized carbons (Fsp3) is 0.733. The van der Waals surface area contributed by atoms with E-state index in [0.29, 0.717) is 12.6 Å². The van der Waals surface area contributed by atoms with Crippen LogP contribution in [0.3, 0.4) is 0 Å². The number of carbonyl (C=O) groups is 1. The van der Waals surface area contributed by atoms with Gasteiger partial charge in [0.1, 0.15) is 0 Å². The first kappa shape index (κ1) is 16.4. The minimum Gasteiger partial charge on any atom is -0.322 e. The monoisotopic (exact) mass is 310 g/mol. The molecule has 5 nitrogen and oxygen atoms in total. The van der Waals surface area contributed by atoms with E-state index in [2.05, 4.69) is 34.4 Å². The number of amides is 1. The Kier molecular flexibility index (Phi) is 5.70.